The molecule has 0 aliphatic carbocycles. The van der Waals surface area contributed by atoms with Crippen LogP contribution in [-0.4, -0.2) is 11.0 Å². The lowest BCUT2D eigenvalue weighted by atomic mass is 10.1. The van der Waals surface area contributed by atoms with Gasteiger partial charge in [0.25, 0.3) is 5.91 Å². The van der Waals surface area contributed by atoms with Crippen molar-refractivity contribution in [1.29, 1.82) is 0 Å². The second kappa shape index (κ2) is 3.16. The molecule has 0 fully saturated rings. The minimum Gasteiger partial charge on any atom is -0.378 e. The Morgan fingerprint density at radius 3 is 2.36 bits per heavy atom. The van der Waals surface area contributed by atoms with Gasteiger partial charge in [-0.05, 0) is 5.56 Å². The SMILES string of the molecule is NC(=O)[C@@H](O)c1ccccc1. The Balaban J connectivity index is 2.85. The van der Waals surface area contributed by atoms with Gasteiger partial charge in [0.05, 0.1) is 0 Å². The molecule has 0 saturated carbocycles. The van der Waals surface area contributed by atoms with E-state index in [9.17, 15) is 4.79 Å². The maximum atomic E-state index is 10.5. The van der Waals surface area contributed by atoms with Gasteiger partial charge in [0.2, 0.25) is 0 Å². The van der Waals surface area contributed by atoms with Gasteiger partial charge in [-0.25, -0.2) is 0 Å². The van der Waals surface area contributed by atoms with Gasteiger partial charge < -0.3 is 10.8 Å². The molecule has 0 aromatic heterocycles. The molecular formula is C8H9NO2. The second-order valence-corrected chi connectivity index (χ2v) is 2.22. The van der Waals surface area contributed by atoms with Crippen LogP contribution in [0.3, 0.4) is 0 Å². The third kappa shape index (κ3) is 1.78. The van der Waals surface area contributed by atoms with Crippen LogP contribution in [0.4, 0.5) is 0 Å². The van der Waals surface area contributed by atoms with Crippen LogP contribution in [0.5, 0.6) is 0 Å². The Hall–Kier alpha value is -1.35. The van der Waals surface area contributed by atoms with Crippen LogP contribution in [0.15, 0.2) is 30.3 Å². The van der Waals surface area contributed by atoms with Crippen molar-refractivity contribution in [2.75, 3.05) is 0 Å². The van der Waals surface area contributed by atoms with Crippen molar-refractivity contribution in [3.63, 3.8) is 0 Å². The lowest BCUT2D eigenvalue weighted by Gasteiger charge is -2.04. The lowest BCUT2D eigenvalue weighted by molar-refractivity contribution is -0.126. The summed E-state index contributed by atoms with van der Waals surface area (Å²) in [5.41, 5.74) is 5.41. The topological polar surface area (TPSA) is 63.3 Å². The zero-order valence-corrected chi connectivity index (χ0v) is 5.90. The molecule has 3 nitrogen and oxygen atoms in total. The fourth-order valence-corrected chi connectivity index (χ4v) is 0.800. The van der Waals surface area contributed by atoms with Crippen LogP contribution in [0.2, 0.25) is 0 Å². The Morgan fingerprint density at radius 1 is 1.36 bits per heavy atom. The van der Waals surface area contributed by atoms with Crippen LogP contribution < -0.4 is 5.73 Å². The number of aliphatic hydroxyl groups excluding tert-OH is 1. The number of rotatable bonds is 2. The summed E-state index contributed by atoms with van der Waals surface area (Å²) < 4.78 is 0. The molecule has 1 aromatic rings. The molecule has 1 aromatic carbocycles. The molecule has 0 spiro atoms. The predicted molar refractivity (Wildman–Crippen MR) is 40.6 cm³/mol. The van der Waals surface area contributed by atoms with Crippen LogP contribution in [0.1, 0.15) is 11.7 Å². The van der Waals surface area contributed by atoms with Gasteiger partial charge in [-0.3, -0.25) is 4.79 Å². The molecule has 1 rings (SSSR count). The third-order valence-electron chi connectivity index (χ3n) is 1.38. The Bertz CT molecular complexity index is 246. The molecule has 1 atom stereocenters. The highest BCUT2D eigenvalue weighted by Gasteiger charge is 2.11. The van der Waals surface area contributed by atoms with Gasteiger partial charge in [0.15, 0.2) is 6.10 Å². The van der Waals surface area contributed by atoms with Crippen molar-refractivity contribution < 1.29 is 9.90 Å². The average molecular weight is 151 g/mol. The van der Waals surface area contributed by atoms with Gasteiger partial charge in [-0.1, -0.05) is 30.3 Å². The Morgan fingerprint density at radius 2 is 1.91 bits per heavy atom. The number of hydrogen-bond acceptors (Lipinski definition) is 2. The zero-order chi connectivity index (χ0) is 8.27. The number of nitrogens with two attached hydrogens (primary N) is 1. The van der Waals surface area contributed by atoms with Crippen molar-refractivity contribution in [2.24, 2.45) is 5.73 Å². The second-order valence-electron chi connectivity index (χ2n) is 2.22. The van der Waals surface area contributed by atoms with E-state index in [0.717, 1.165) is 0 Å². The van der Waals surface area contributed by atoms with E-state index in [1.165, 1.54) is 0 Å². The summed E-state index contributed by atoms with van der Waals surface area (Å²) in [7, 11) is 0. The van der Waals surface area contributed by atoms with Gasteiger partial charge in [0, 0.05) is 0 Å². The number of benzene rings is 1. The van der Waals surface area contributed by atoms with E-state index in [-0.39, 0.29) is 0 Å². The molecule has 11 heavy (non-hydrogen) atoms. The molecule has 0 heterocycles. The largest absolute Gasteiger partial charge is 0.378 e. The first kappa shape index (κ1) is 7.75. The Kier molecular flexibility index (Phi) is 2.23. The molecule has 58 valence electrons. The molecule has 0 bridgehead atoms. The molecule has 0 aliphatic heterocycles. The quantitative estimate of drug-likeness (QED) is 0.634. The fraction of sp³-hybridized carbons (Fsp3) is 0.125. The first-order valence-electron chi connectivity index (χ1n) is 3.24. The smallest absolute Gasteiger partial charge is 0.250 e. The fourth-order valence-electron chi connectivity index (χ4n) is 0.800. The van der Waals surface area contributed by atoms with E-state index < -0.39 is 12.0 Å². The van der Waals surface area contributed by atoms with Gasteiger partial charge in [-0.2, -0.15) is 0 Å². The number of hydrogen-bond donors (Lipinski definition) is 2. The molecule has 3 N–H and O–H groups in total. The summed E-state index contributed by atoms with van der Waals surface area (Å²) in [6, 6.07) is 8.57. The highest BCUT2D eigenvalue weighted by atomic mass is 16.3. The van der Waals surface area contributed by atoms with E-state index in [1.807, 2.05) is 0 Å². The van der Waals surface area contributed by atoms with Gasteiger partial charge in [0.1, 0.15) is 0 Å². The predicted octanol–water partition coefficient (Wildman–Crippen LogP) is 0.205. The lowest BCUT2D eigenvalue weighted by Crippen LogP contribution is -2.20. The summed E-state index contributed by atoms with van der Waals surface area (Å²) in [6.07, 6.45) is -1.18. The minimum atomic E-state index is -1.18. The molecule has 1 amide bonds. The van der Waals surface area contributed by atoms with Crippen molar-refractivity contribution >= 4 is 5.91 Å². The van der Waals surface area contributed by atoms with Gasteiger partial charge >= 0.3 is 0 Å². The molecule has 0 saturated heterocycles. The summed E-state index contributed by atoms with van der Waals surface area (Å²) in [6.45, 7) is 0. The van der Waals surface area contributed by atoms with Crippen LogP contribution in [0, 0.1) is 0 Å². The number of aliphatic hydroxyl groups is 1. The molecule has 0 aliphatic rings. The van der Waals surface area contributed by atoms with Gasteiger partial charge in [-0.15, -0.1) is 0 Å². The number of primary amides is 1. The van der Waals surface area contributed by atoms with Crippen LogP contribution in [0.25, 0.3) is 0 Å². The van der Waals surface area contributed by atoms with Crippen molar-refractivity contribution in [3.8, 4) is 0 Å². The number of carbonyl (C=O) groups is 1. The monoisotopic (exact) mass is 151 g/mol. The summed E-state index contributed by atoms with van der Waals surface area (Å²) in [5.74, 6) is -0.726. The van der Waals surface area contributed by atoms with Crippen LogP contribution >= 0.6 is 0 Å². The first-order valence-corrected chi connectivity index (χ1v) is 3.24. The number of carbonyl (C=O) groups excluding carboxylic acids is 1. The maximum absolute atomic E-state index is 10.5. The molecule has 0 unspecified atom stereocenters. The summed E-state index contributed by atoms with van der Waals surface area (Å²) >= 11 is 0. The molecule has 3 heteroatoms. The van der Waals surface area contributed by atoms with Crippen LogP contribution in [-0.2, 0) is 4.79 Å². The highest BCUT2D eigenvalue weighted by Crippen LogP contribution is 2.10. The standard InChI is InChI=1S/C8H9NO2/c9-8(11)7(10)6-4-2-1-3-5-6/h1-5,7,10H,(H2,9,11)/t7-/m0/s1. The molecule has 0 radical (unpaired) electrons. The maximum Gasteiger partial charge on any atom is 0.250 e. The van der Waals surface area contributed by atoms with E-state index in [1.54, 1.807) is 30.3 Å². The normalized spacial score (nSPS) is 12.5. The van der Waals surface area contributed by atoms with E-state index in [4.69, 9.17) is 10.8 Å². The summed E-state index contributed by atoms with van der Waals surface area (Å²) in [4.78, 5) is 10.5. The zero-order valence-electron chi connectivity index (χ0n) is 5.90. The van der Waals surface area contributed by atoms with E-state index in [0.29, 0.717) is 5.56 Å². The molecular weight excluding hydrogens is 142 g/mol. The van der Waals surface area contributed by atoms with Crippen molar-refractivity contribution in [3.05, 3.63) is 35.9 Å². The minimum absolute atomic E-state index is 0.528. The van der Waals surface area contributed by atoms with Crippen molar-refractivity contribution in [2.45, 2.75) is 6.10 Å². The van der Waals surface area contributed by atoms with Crippen molar-refractivity contribution in [1.82, 2.24) is 0 Å². The number of amides is 1. The Labute approximate surface area is 64.5 Å². The van der Waals surface area contributed by atoms with E-state index in [2.05, 4.69) is 0 Å². The third-order valence-corrected chi connectivity index (χ3v) is 1.38. The first-order chi connectivity index (χ1) is 5.22. The highest BCUT2D eigenvalue weighted by molar-refractivity contribution is 5.79. The van der Waals surface area contributed by atoms with E-state index >= 15 is 0 Å². The summed E-state index contributed by atoms with van der Waals surface area (Å²) in [5, 5.41) is 9.12. The average Bonchev–Trinajstić information content (AvgIpc) is 2.05.